The van der Waals surface area contributed by atoms with Crippen LogP contribution in [0.25, 0.3) is 11.3 Å². The number of aliphatic hydroxyl groups excluding tert-OH is 1. The normalized spacial score (nSPS) is 12.7. The van der Waals surface area contributed by atoms with Crippen molar-refractivity contribution in [3.05, 3.63) is 46.8 Å². The summed E-state index contributed by atoms with van der Waals surface area (Å²) in [5.74, 6) is 0.999. The van der Waals surface area contributed by atoms with Crippen molar-refractivity contribution in [2.45, 2.75) is 19.8 Å². The smallest absolute Gasteiger partial charge is 0.134 e. The first kappa shape index (κ1) is 14.2. The molecule has 0 spiro atoms. The van der Waals surface area contributed by atoms with Crippen molar-refractivity contribution in [3.8, 4) is 11.3 Å². The van der Waals surface area contributed by atoms with E-state index in [0.29, 0.717) is 11.7 Å². The van der Waals surface area contributed by atoms with Gasteiger partial charge in [-0.25, -0.2) is 9.97 Å². The predicted octanol–water partition coefficient (Wildman–Crippen LogP) is 3.64. The molecule has 0 fully saturated rings. The van der Waals surface area contributed by atoms with Gasteiger partial charge in [0.1, 0.15) is 5.82 Å². The predicted molar refractivity (Wildman–Crippen MR) is 79.8 cm³/mol. The monoisotopic (exact) mass is 320 g/mol. The van der Waals surface area contributed by atoms with Crippen molar-refractivity contribution < 1.29 is 5.11 Å². The number of aromatic nitrogens is 2. The summed E-state index contributed by atoms with van der Waals surface area (Å²) in [6, 6.07) is 9.90. The zero-order valence-corrected chi connectivity index (χ0v) is 12.6. The molecular formula is C15H17BrN2O. The Morgan fingerprint density at radius 3 is 2.42 bits per heavy atom. The second-order valence-electron chi connectivity index (χ2n) is 4.84. The lowest BCUT2D eigenvalue weighted by atomic mass is 9.96. The summed E-state index contributed by atoms with van der Waals surface area (Å²) in [7, 11) is 0. The first-order chi connectivity index (χ1) is 9.11. The molecule has 0 radical (unpaired) electrons. The largest absolute Gasteiger partial charge is 0.396 e. The van der Waals surface area contributed by atoms with Crippen LogP contribution in [0.15, 0.2) is 41.0 Å². The molecule has 1 atom stereocenters. The lowest BCUT2D eigenvalue weighted by molar-refractivity contribution is 0.232. The minimum atomic E-state index is -0.0181. The van der Waals surface area contributed by atoms with E-state index in [0.717, 1.165) is 15.7 Å². The summed E-state index contributed by atoms with van der Waals surface area (Å²) >= 11 is 3.42. The highest BCUT2D eigenvalue weighted by Crippen LogP contribution is 2.24. The molecular weight excluding hydrogens is 304 g/mol. The fourth-order valence-electron chi connectivity index (χ4n) is 1.92. The van der Waals surface area contributed by atoms with Crippen LogP contribution in [0.5, 0.6) is 0 Å². The lowest BCUT2D eigenvalue weighted by Crippen LogP contribution is -2.14. The third-order valence-electron chi connectivity index (χ3n) is 3.15. The maximum atomic E-state index is 9.46. The fraction of sp³-hybridized carbons (Fsp3) is 0.333. The average molecular weight is 321 g/mol. The summed E-state index contributed by atoms with van der Waals surface area (Å²) in [6.07, 6.45) is 1.75. The van der Waals surface area contributed by atoms with E-state index in [4.69, 9.17) is 0 Å². The van der Waals surface area contributed by atoms with Crippen LogP contribution < -0.4 is 0 Å². The Labute approximate surface area is 121 Å². The molecule has 0 amide bonds. The molecule has 3 nitrogen and oxygen atoms in total. The molecule has 2 rings (SSSR count). The Morgan fingerprint density at radius 1 is 1.16 bits per heavy atom. The van der Waals surface area contributed by atoms with E-state index in [-0.39, 0.29) is 12.5 Å². The molecule has 1 aromatic carbocycles. The summed E-state index contributed by atoms with van der Waals surface area (Å²) in [5.41, 5.74) is 1.93. The van der Waals surface area contributed by atoms with E-state index in [9.17, 15) is 5.11 Å². The second kappa shape index (κ2) is 6.26. The van der Waals surface area contributed by atoms with Gasteiger partial charge >= 0.3 is 0 Å². The van der Waals surface area contributed by atoms with E-state index in [1.54, 1.807) is 6.20 Å². The molecule has 0 aliphatic rings. The number of hydrogen-bond donors (Lipinski definition) is 1. The molecule has 100 valence electrons. The van der Waals surface area contributed by atoms with Gasteiger partial charge in [-0.05, 0) is 24.1 Å². The standard InChI is InChI=1S/C15H17BrN2O/c1-10(2)13(9-19)15-17-8-7-14(18-15)11-3-5-12(16)6-4-11/h3-8,10,13,19H,9H2,1-2H3. The number of benzene rings is 1. The summed E-state index contributed by atoms with van der Waals surface area (Å²) < 4.78 is 1.04. The highest BCUT2D eigenvalue weighted by molar-refractivity contribution is 9.10. The van der Waals surface area contributed by atoms with E-state index >= 15 is 0 Å². The maximum Gasteiger partial charge on any atom is 0.134 e. The van der Waals surface area contributed by atoms with Gasteiger partial charge in [-0.15, -0.1) is 0 Å². The minimum Gasteiger partial charge on any atom is -0.396 e. The van der Waals surface area contributed by atoms with Gasteiger partial charge in [0.05, 0.1) is 12.3 Å². The molecule has 1 N–H and O–H groups in total. The van der Waals surface area contributed by atoms with Crippen LogP contribution in [0.1, 0.15) is 25.6 Å². The van der Waals surface area contributed by atoms with Gasteiger partial charge in [0.15, 0.2) is 0 Å². The highest BCUT2D eigenvalue weighted by Gasteiger charge is 2.18. The second-order valence-corrected chi connectivity index (χ2v) is 5.76. The summed E-state index contributed by atoms with van der Waals surface area (Å²) in [4.78, 5) is 8.87. The maximum absolute atomic E-state index is 9.46. The third-order valence-corrected chi connectivity index (χ3v) is 3.68. The molecule has 0 saturated heterocycles. The Hall–Kier alpha value is -1.26. The Balaban J connectivity index is 2.36. The van der Waals surface area contributed by atoms with E-state index in [2.05, 4.69) is 39.7 Å². The topological polar surface area (TPSA) is 46.0 Å². The zero-order chi connectivity index (χ0) is 13.8. The van der Waals surface area contributed by atoms with Crippen molar-refractivity contribution in [1.82, 2.24) is 9.97 Å². The number of halogens is 1. The van der Waals surface area contributed by atoms with Gasteiger partial charge in [-0.2, -0.15) is 0 Å². The molecule has 0 bridgehead atoms. The van der Waals surface area contributed by atoms with Crippen LogP contribution in [0.2, 0.25) is 0 Å². The van der Waals surface area contributed by atoms with Gasteiger partial charge in [0, 0.05) is 22.2 Å². The zero-order valence-electron chi connectivity index (χ0n) is 11.0. The summed E-state index contributed by atoms with van der Waals surface area (Å²) in [5, 5.41) is 9.46. The number of hydrogen-bond acceptors (Lipinski definition) is 3. The first-order valence-electron chi connectivity index (χ1n) is 6.31. The quantitative estimate of drug-likeness (QED) is 0.935. The SMILES string of the molecule is CC(C)C(CO)c1nccc(-c2ccc(Br)cc2)n1. The van der Waals surface area contributed by atoms with Crippen LogP contribution in [0.3, 0.4) is 0 Å². The molecule has 1 unspecified atom stereocenters. The van der Waals surface area contributed by atoms with Crippen LogP contribution in [0, 0.1) is 5.92 Å². The van der Waals surface area contributed by atoms with Gasteiger partial charge in [-0.3, -0.25) is 0 Å². The van der Waals surface area contributed by atoms with Crippen LogP contribution in [-0.4, -0.2) is 21.7 Å². The minimum absolute atomic E-state index is 0.0181. The van der Waals surface area contributed by atoms with E-state index in [1.807, 2.05) is 30.3 Å². The molecule has 0 aliphatic heterocycles. The van der Waals surface area contributed by atoms with Gasteiger partial charge in [0.2, 0.25) is 0 Å². The first-order valence-corrected chi connectivity index (χ1v) is 7.11. The molecule has 4 heteroatoms. The van der Waals surface area contributed by atoms with Crippen LogP contribution in [-0.2, 0) is 0 Å². The van der Waals surface area contributed by atoms with Crippen molar-refractivity contribution in [3.63, 3.8) is 0 Å². The highest BCUT2D eigenvalue weighted by atomic mass is 79.9. The van der Waals surface area contributed by atoms with Crippen molar-refractivity contribution >= 4 is 15.9 Å². The van der Waals surface area contributed by atoms with Crippen LogP contribution >= 0.6 is 15.9 Å². The molecule has 2 aromatic rings. The number of rotatable bonds is 4. The van der Waals surface area contributed by atoms with Crippen molar-refractivity contribution in [2.24, 2.45) is 5.92 Å². The average Bonchev–Trinajstić information content (AvgIpc) is 2.40. The molecule has 1 heterocycles. The molecule has 1 aromatic heterocycles. The number of nitrogens with zero attached hydrogens (tertiary/aromatic N) is 2. The Kier molecular flexibility index (Phi) is 4.66. The van der Waals surface area contributed by atoms with Gasteiger partial charge in [0.25, 0.3) is 0 Å². The molecule has 0 saturated carbocycles. The Bertz CT molecular complexity index is 540. The van der Waals surface area contributed by atoms with Gasteiger partial charge in [-0.1, -0.05) is 41.9 Å². The number of aliphatic hydroxyl groups is 1. The van der Waals surface area contributed by atoms with Crippen molar-refractivity contribution in [1.29, 1.82) is 0 Å². The van der Waals surface area contributed by atoms with E-state index < -0.39 is 0 Å². The lowest BCUT2D eigenvalue weighted by Gasteiger charge is -2.17. The Morgan fingerprint density at radius 2 is 1.84 bits per heavy atom. The fourth-order valence-corrected chi connectivity index (χ4v) is 2.19. The van der Waals surface area contributed by atoms with Crippen LogP contribution in [0.4, 0.5) is 0 Å². The van der Waals surface area contributed by atoms with E-state index in [1.165, 1.54) is 0 Å². The molecule has 19 heavy (non-hydrogen) atoms. The third kappa shape index (κ3) is 3.39. The van der Waals surface area contributed by atoms with Gasteiger partial charge < -0.3 is 5.11 Å². The van der Waals surface area contributed by atoms with Crippen molar-refractivity contribution in [2.75, 3.05) is 6.61 Å². The summed E-state index contributed by atoms with van der Waals surface area (Å²) in [6.45, 7) is 4.20. The molecule has 0 aliphatic carbocycles.